The third-order valence-electron chi connectivity index (χ3n) is 4.88. The lowest BCUT2D eigenvalue weighted by Gasteiger charge is -2.49. The third kappa shape index (κ3) is 4.24. The summed E-state index contributed by atoms with van der Waals surface area (Å²) in [7, 11) is 0. The number of carboxylic acid groups (broad SMARTS) is 1. The fraction of sp³-hybridized carbons (Fsp3) is 0.300. The van der Waals surface area contributed by atoms with Gasteiger partial charge in [0, 0.05) is 22.6 Å². The predicted octanol–water partition coefficient (Wildman–Crippen LogP) is 1.62. The second-order valence-corrected chi connectivity index (χ2v) is 9.19. The van der Waals surface area contributed by atoms with Crippen molar-refractivity contribution in [2.45, 2.75) is 24.3 Å². The summed E-state index contributed by atoms with van der Waals surface area (Å²) in [6, 6.07) is 8.58. The summed E-state index contributed by atoms with van der Waals surface area (Å²) in [5, 5.41) is 18.7. The van der Waals surface area contributed by atoms with Crippen LogP contribution in [0.5, 0.6) is 0 Å². The minimum absolute atomic E-state index is 0.0366. The van der Waals surface area contributed by atoms with Gasteiger partial charge < -0.3 is 10.4 Å². The lowest BCUT2D eigenvalue weighted by Crippen LogP contribution is -2.70. The van der Waals surface area contributed by atoms with Gasteiger partial charge in [-0.1, -0.05) is 30.3 Å². The van der Waals surface area contributed by atoms with E-state index in [9.17, 15) is 19.5 Å². The number of aliphatic carboxylic acids is 1. The fourth-order valence-electron chi connectivity index (χ4n) is 3.41. The van der Waals surface area contributed by atoms with Crippen LogP contribution in [0.25, 0.3) is 0 Å². The van der Waals surface area contributed by atoms with Gasteiger partial charge in [-0.25, -0.2) is 4.79 Å². The van der Waals surface area contributed by atoms with Gasteiger partial charge >= 0.3 is 5.97 Å². The lowest BCUT2D eigenvalue weighted by molar-refractivity contribution is -0.150. The van der Waals surface area contributed by atoms with Crippen LogP contribution in [0.1, 0.15) is 11.1 Å². The largest absolute Gasteiger partial charge is 0.477 e. The fourth-order valence-corrected chi connectivity index (χ4v) is 6.05. The molecule has 1 aromatic carbocycles. The Morgan fingerprint density at radius 3 is 2.80 bits per heavy atom. The highest BCUT2D eigenvalue weighted by molar-refractivity contribution is 8.06. The number of carbonyl (C=O) groups excluding carboxylic acids is 2. The molecular formula is C20H20N4O4S2. The maximum atomic E-state index is 12.7. The van der Waals surface area contributed by atoms with Crippen molar-refractivity contribution in [2.24, 2.45) is 0 Å². The first kappa shape index (κ1) is 20.5. The number of fused-ring (bicyclic) bond motifs is 1. The van der Waals surface area contributed by atoms with Gasteiger partial charge in [0.1, 0.15) is 17.1 Å². The van der Waals surface area contributed by atoms with Crippen LogP contribution in [0, 0.1) is 0 Å². The van der Waals surface area contributed by atoms with Gasteiger partial charge in [-0.05, 0) is 17.5 Å². The summed E-state index contributed by atoms with van der Waals surface area (Å²) in [5.74, 6) is -0.554. The number of amides is 2. The van der Waals surface area contributed by atoms with Crippen LogP contribution in [0.4, 0.5) is 0 Å². The summed E-state index contributed by atoms with van der Waals surface area (Å²) in [6.07, 6.45) is 4.47. The van der Waals surface area contributed by atoms with Crippen molar-refractivity contribution in [3.8, 4) is 0 Å². The average molecular weight is 445 g/mol. The minimum atomic E-state index is -1.12. The second kappa shape index (κ2) is 8.97. The third-order valence-corrected chi connectivity index (χ3v) is 7.44. The molecule has 1 saturated heterocycles. The Labute approximate surface area is 181 Å². The molecular weight excluding hydrogens is 424 g/mol. The molecule has 30 heavy (non-hydrogen) atoms. The number of carbonyl (C=O) groups is 3. The molecule has 1 fully saturated rings. The summed E-state index contributed by atoms with van der Waals surface area (Å²) >= 11 is 2.93. The first-order chi connectivity index (χ1) is 14.5. The number of hydrogen-bond acceptors (Lipinski definition) is 6. The van der Waals surface area contributed by atoms with Gasteiger partial charge in [0.25, 0.3) is 5.91 Å². The van der Waals surface area contributed by atoms with Crippen LogP contribution in [0.15, 0.2) is 53.3 Å². The number of aryl methyl sites for hydroxylation is 1. The molecule has 0 aliphatic carbocycles. The highest BCUT2D eigenvalue weighted by atomic mass is 32.2. The predicted molar refractivity (Wildman–Crippen MR) is 115 cm³/mol. The molecule has 8 nitrogen and oxygen atoms in total. The zero-order chi connectivity index (χ0) is 21.1. The molecule has 4 rings (SSSR count). The number of nitrogens with zero attached hydrogens (tertiary/aromatic N) is 2. The maximum Gasteiger partial charge on any atom is 0.353 e. The van der Waals surface area contributed by atoms with Gasteiger partial charge in [0.05, 0.1) is 12.6 Å². The average Bonchev–Trinajstić information content (AvgIpc) is 3.25. The van der Waals surface area contributed by atoms with Crippen molar-refractivity contribution in [1.82, 2.24) is 20.4 Å². The van der Waals surface area contributed by atoms with Gasteiger partial charge in [-0.2, -0.15) is 5.10 Å². The summed E-state index contributed by atoms with van der Waals surface area (Å²) in [4.78, 5) is 38.9. The summed E-state index contributed by atoms with van der Waals surface area (Å²) in [6.45, 7) is 0. The maximum absolute atomic E-state index is 12.7. The lowest BCUT2D eigenvalue weighted by atomic mass is 10.0. The van der Waals surface area contributed by atoms with Crippen LogP contribution >= 0.6 is 23.5 Å². The van der Waals surface area contributed by atoms with Crippen LogP contribution in [0.2, 0.25) is 0 Å². The summed E-state index contributed by atoms with van der Waals surface area (Å²) < 4.78 is 0. The molecule has 2 atom stereocenters. The Hall–Kier alpha value is -2.72. The molecule has 2 aromatic rings. The number of hydrogen-bond donors (Lipinski definition) is 3. The normalized spacial score (nSPS) is 20.5. The Bertz CT molecular complexity index is 978. The number of rotatable bonds is 8. The smallest absolute Gasteiger partial charge is 0.353 e. The SMILES string of the molecule is O=C(Cc1ccccc1)N[C@@H]1C(=O)N2C(C(=O)O)=C(SCCc3cn[nH]c3)CS[C@@H]12. The van der Waals surface area contributed by atoms with E-state index in [1.165, 1.54) is 28.4 Å². The van der Waals surface area contributed by atoms with E-state index in [0.717, 1.165) is 17.5 Å². The van der Waals surface area contributed by atoms with E-state index >= 15 is 0 Å². The zero-order valence-electron chi connectivity index (χ0n) is 15.9. The molecule has 1 aromatic heterocycles. The van der Waals surface area contributed by atoms with Crippen molar-refractivity contribution < 1.29 is 19.5 Å². The molecule has 10 heteroatoms. The Kier molecular flexibility index (Phi) is 6.14. The van der Waals surface area contributed by atoms with Gasteiger partial charge in [-0.15, -0.1) is 23.5 Å². The molecule has 0 saturated carbocycles. The van der Waals surface area contributed by atoms with Crippen molar-refractivity contribution in [1.29, 1.82) is 0 Å². The Balaban J connectivity index is 1.39. The zero-order valence-corrected chi connectivity index (χ0v) is 17.5. The first-order valence-electron chi connectivity index (χ1n) is 9.39. The van der Waals surface area contributed by atoms with E-state index in [1.807, 2.05) is 30.3 Å². The number of β-lactam (4-membered cyclic amide) rings is 1. The van der Waals surface area contributed by atoms with Gasteiger partial charge in [0.2, 0.25) is 5.91 Å². The van der Waals surface area contributed by atoms with Gasteiger partial charge in [0.15, 0.2) is 0 Å². The molecule has 0 bridgehead atoms. The molecule has 3 heterocycles. The molecule has 2 aliphatic heterocycles. The van der Waals surface area contributed by atoms with E-state index in [4.69, 9.17) is 0 Å². The highest BCUT2D eigenvalue weighted by Crippen LogP contribution is 2.43. The van der Waals surface area contributed by atoms with Crippen molar-refractivity contribution in [3.05, 3.63) is 64.5 Å². The van der Waals surface area contributed by atoms with Crippen molar-refractivity contribution in [2.75, 3.05) is 11.5 Å². The molecule has 3 N–H and O–H groups in total. The van der Waals surface area contributed by atoms with Crippen molar-refractivity contribution in [3.63, 3.8) is 0 Å². The Morgan fingerprint density at radius 1 is 1.30 bits per heavy atom. The molecule has 0 unspecified atom stereocenters. The number of thioether (sulfide) groups is 2. The van der Waals surface area contributed by atoms with Crippen LogP contribution in [-0.4, -0.2) is 60.9 Å². The number of nitrogens with one attached hydrogen (secondary N) is 2. The number of carboxylic acids is 1. The van der Waals surface area contributed by atoms with Crippen molar-refractivity contribution >= 4 is 41.3 Å². The van der Waals surface area contributed by atoms with Gasteiger partial charge in [-0.3, -0.25) is 19.6 Å². The number of H-pyrrole nitrogens is 1. The molecule has 0 radical (unpaired) electrons. The number of benzene rings is 1. The monoisotopic (exact) mass is 444 g/mol. The topological polar surface area (TPSA) is 115 Å². The second-order valence-electron chi connectivity index (χ2n) is 6.90. The molecule has 0 spiro atoms. The number of aromatic amines is 1. The van der Waals surface area contributed by atoms with E-state index < -0.39 is 12.0 Å². The van der Waals surface area contributed by atoms with Crippen LogP contribution in [-0.2, 0) is 27.2 Å². The van der Waals surface area contributed by atoms with E-state index in [-0.39, 0.29) is 29.3 Å². The standard InChI is InChI=1S/C20H20N4O4S2/c25-15(8-12-4-2-1-3-5-12)23-16-18(26)24-17(20(27)28)14(11-30-19(16)24)29-7-6-13-9-21-22-10-13/h1-5,9-10,16,19H,6-8,11H2,(H,21,22)(H,23,25)(H,27,28)/t16-,19+/m1/s1. The van der Waals surface area contributed by atoms with E-state index in [0.29, 0.717) is 16.4 Å². The summed E-state index contributed by atoms with van der Waals surface area (Å²) in [5.41, 5.74) is 1.94. The quantitative estimate of drug-likeness (QED) is 0.530. The molecule has 2 aliphatic rings. The number of aromatic nitrogens is 2. The van der Waals surface area contributed by atoms with E-state index in [2.05, 4.69) is 15.5 Å². The minimum Gasteiger partial charge on any atom is -0.477 e. The molecule has 156 valence electrons. The van der Waals surface area contributed by atoms with E-state index in [1.54, 1.807) is 12.4 Å². The molecule has 2 amide bonds. The van der Waals surface area contributed by atoms with Crippen LogP contribution < -0.4 is 5.32 Å². The van der Waals surface area contributed by atoms with Crippen LogP contribution in [0.3, 0.4) is 0 Å². The first-order valence-corrected chi connectivity index (χ1v) is 11.4. The Morgan fingerprint density at radius 2 is 2.10 bits per heavy atom. The highest BCUT2D eigenvalue weighted by Gasteiger charge is 2.54.